The molecule has 1 saturated carbocycles. The first-order chi connectivity index (χ1) is 10.6. The highest BCUT2D eigenvalue weighted by atomic mass is 16.5. The van der Waals surface area contributed by atoms with Crippen molar-refractivity contribution in [1.29, 1.82) is 0 Å². The number of fused-ring (bicyclic) bond motifs is 1. The first kappa shape index (κ1) is 14.6. The Hall–Kier alpha value is -2.36. The highest BCUT2D eigenvalue weighted by Crippen LogP contribution is 2.49. The Balaban J connectivity index is 1.73. The Labute approximate surface area is 129 Å². The lowest BCUT2D eigenvalue weighted by Gasteiger charge is -2.11. The number of carbonyl (C=O) groups is 2. The van der Waals surface area contributed by atoms with E-state index in [4.69, 9.17) is 0 Å². The van der Waals surface area contributed by atoms with Crippen molar-refractivity contribution < 1.29 is 14.3 Å². The van der Waals surface area contributed by atoms with Crippen LogP contribution >= 0.6 is 0 Å². The number of amides is 1. The summed E-state index contributed by atoms with van der Waals surface area (Å²) in [6.45, 7) is 1.64. The van der Waals surface area contributed by atoms with E-state index in [1.807, 2.05) is 18.2 Å². The minimum atomic E-state index is -0.605. The molecule has 0 aliphatic heterocycles. The summed E-state index contributed by atoms with van der Waals surface area (Å²) in [6.07, 6.45) is 0.827. The molecule has 2 unspecified atom stereocenters. The number of carbonyl (C=O) groups excluding carboxylic acids is 2. The average molecular weight is 297 g/mol. The molecule has 1 amide bonds. The second kappa shape index (κ2) is 5.79. The van der Waals surface area contributed by atoms with Gasteiger partial charge in [-0.3, -0.25) is 4.79 Å². The Kier molecular flexibility index (Phi) is 3.84. The van der Waals surface area contributed by atoms with E-state index in [-0.39, 0.29) is 17.7 Å². The number of ether oxygens (including phenoxy) is 1. The van der Waals surface area contributed by atoms with Gasteiger partial charge in [-0.05, 0) is 35.6 Å². The average Bonchev–Trinajstić information content (AvgIpc) is 3.34. The van der Waals surface area contributed by atoms with Crippen molar-refractivity contribution in [2.45, 2.75) is 25.3 Å². The number of benzene rings is 2. The quantitative estimate of drug-likeness (QED) is 0.883. The number of esters is 1. The summed E-state index contributed by atoms with van der Waals surface area (Å²) in [5, 5.41) is 5.12. The van der Waals surface area contributed by atoms with Crippen molar-refractivity contribution in [3.63, 3.8) is 0 Å². The first-order valence-electron chi connectivity index (χ1n) is 7.47. The Morgan fingerprint density at radius 1 is 1.18 bits per heavy atom. The van der Waals surface area contributed by atoms with Crippen LogP contribution < -0.4 is 5.32 Å². The third-order valence-electron chi connectivity index (χ3n) is 4.26. The van der Waals surface area contributed by atoms with Gasteiger partial charge < -0.3 is 10.1 Å². The summed E-state index contributed by atoms with van der Waals surface area (Å²) >= 11 is 0. The second-order valence-electron chi connectivity index (χ2n) is 5.77. The predicted molar refractivity (Wildman–Crippen MR) is 84.4 cm³/mol. The minimum Gasteiger partial charge on any atom is -0.467 e. The maximum atomic E-state index is 12.2. The zero-order chi connectivity index (χ0) is 15.7. The van der Waals surface area contributed by atoms with Gasteiger partial charge >= 0.3 is 5.97 Å². The molecule has 114 valence electrons. The number of methoxy groups -OCH3 is 1. The third kappa shape index (κ3) is 2.69. The highest BCUT2D eigenvalue weighted by molar-refractivity contribution is 5.91. The van der Waals surface area contributed by atoms with Crippen molar-refractivity contribution in [3.05, 3.63) is 48.0 Å². The van der Waals surface area contributed by atoms with Crippen molar-refractivity contribution >= 4 is 22.6 Å². The zero-order valence-corrected chi connectivity index (χ0v) is 12.7. The molecule has 1 aliphatic rings. The van der Waals surface area contributed by atoms with Crippen LogP contribution in [0.5, 0.6) is 0 Å². The molecule has 2 aromatic rings. The van der Waals surface area contributed by atoms with E-state index in [1.54, 1.807) is 6.92 Å². The van der Waals surface area contributed by atoms with Gasteiger partial charge in [-0.1, -0.05) is 42.5 Å². The highest BCUT2D eigenvalue weighted by Gasteiger charge is 2.45. The molecule has 2 aromatic carbocycles. The van der Waals surface area contributed by atoms with Gasteiger partial charge in [0.15, 0.2) is 0 Å². The van der Waals surface area contributed by atoms with E-state index in [0.717, 1.165) is 6.42 Å². The minimum absolute atomic E-state index is 0.0575. The van der Waals surface area contributed by atoms with Crippen LogP contribution in [0.4, 0.5) is 0 Å². The molecular weight excluding hydrogens is 278 g/mol. The van der Waals surface area contributed by atoms with Crippen LogP contribution in [0.3, 0.4) is 0 Å². The van der Waals surface area contributed by atoms with Gasteiger partial charge in [0.2, 0.25) is 5.91 Å². The lowest BCUT2D eigenvalue weighted by Crippen LogP contribution is -2.40. The van der Waals surface area contributed by atoms with Crippen LogP contribution in [0.15, 0.2) is 42.5 Å². The van der Waals surface area contributed by atoms with Crippen LogP contribution in [-0.4, -0.2) is 25.0 Å². The summed E-state index contributed by atoms with van der Waals surface area (Å²) in [5.41, 5.74) is 1.21. The molecule has 0 aromatic heterocycles. The summed E-state index contributed by atoms with van der Waals surface area (Å²) in [5.74, 6) is -0.319. The fourth-order valence-corrected chi connectivity index (χ4v) is 2.96. The van der Waals surface area contributed by atoms with Gasteiger partial charge in [0.25, 0.3) is 0 Å². The fraction of sp³-hybridized carbons (Fsp3) is 0.333. The maximum absolute atomic E-state index is 12.2. The predicted octanol–water partition coefficient (Wildman–Crippen LogP) is 2.62. The van der Waals surface area contributed by atoms with E-state index in [1.165, 1.54) is 23.4 Å². The van der Waals surface area contributed by atoms with E-state index in [9.17, 15) is 9.59 Å². The summed E-state index contributed by atoms with van der Waals surface area (Å²) in [7, 11) is 1.32. The molecule has 4 nitrogen and oxygen atoms in total. The molecule has 0 spiro atoms. The molecular formula is C18H19NO3. The number of nitrogens with one attached hydrogen (secondary N) is 1. The monoisotopic (exact) mass is 297 g/mol. The first-order valence-corrected chi connectivity index (χ1v) is 7.47. The lowest BCUT2D eigenvalue weighted by atomic mass is 10.00. The van der Waals surface area contributed by atoms with Gasteiger partial charge in [0.1, 0.15) is 6.04 Å². The number of hydrogen-bond acceptors (Lipinski definition) is 3. The molecule has 3 atom stereocenters. The van der Waals surface area contributed by atoms with Crippen LogP contribution in [0.25, 0.3) is 10.8 Å². The van der Waals surface area contributed by atoms with E-state index >= 15 is 0 Å². The van der Waals surface area contributed by atoms with Crippen molar-refractivity contribution in [3.8, 4) is 0 Å². The van der Waals surface area contributed by atoms with Crippen LogP contribution in [0.2, 0.25) is 0 Å². The SMILES string of the molecule is COC(=O)[C@H](C)NC(=O)C1CC1c1cccc2ccccc12. The van der Waals surface area contributed by atoms with Crippen LogP contribution in [0, 0.1) is 5.92 Å². The van der Waals surface area contributed by atoms with Gasteiger partial charge in [0.05, 0.1) is 7.11 Å². The van der Waals surface area contributed by atoms with Gasteiger partial charge in [-0.15, -0.1) is 0 Å². The Morgan fingerprint density at radius 3 is 2.68 bits per heavy atom. The second-order valence-corrected chi connectivity index (χ2v) is 5.77. The Morgan fingerprint density at radius 2 is 1.91 bits per heavy atom. The van der Waals surface area contributed by atoms with Crippen molar-refractivity contribution in [2.24, 2.45) is 5.92 Å². The zero-order valence-electron chi connectivity index (χ0n) is 12.7. The normalized spacial score (nSPS) is 21.2. The fourth-order valence-electron chi connectivity index (χ4n) is 2.96. The number of hydrogen-bond donors (Lipinski definition) is 1. The molecule has 1 N–H and O–H groups in total. The van der Waals surface area contributed by atoms with Crippen molar-refractivity contribution in [2.75, 3.05) is 7.11 Å². The molecule has 4 heteroatoms. The molecule has 0 radical (unpaired) electrons. The molecule has 0 bridgehead atoms. The van der Waals surface area contributed by atoms with E-state index in [2.05, 4.69) is 34.3 Å². The summed E-state index contributed by atoms with van der Waals surface area (Å²) in [4.78, 5) is 23.6. The summed E-state index contributed by atoms with van der Waals surface area (Å²) < 4.78 is 4.63. The topological polar surface area (TPSA) is 55.4 Å². The molecule has 1 fully saturated rings. The van der Waals surface area contributed by atoms with Crippen LogP contribution in [0.1, 0.15) is 24.8 Å². The molecule has 0 saturated heterocycles. The summed E-state index contributed by atoms with van der Waals surface area (Å²) in [6, 6.07) is 13.8. The third-order valence-corrected chi connectivity index (χ3v) is 4.26. The largest absolute Gasteiger partial charge is 0.467 e. The van der Waals surface area contributed by atoms with Gasteiger partial charge in [0, 0.05) is 5.92 Å². The van der Waals surface area contributed by atoms with Gasteiger partial charge in [-0.25, -0.2) is 4.79 Å². The maximum Gasteiger partial charge on any atom is 0.328 e. The lowest BCUT2D eigenvalue weighted by molar-refractivity contribution is -0.144. The van der Waals surface area contributed by atoms with E-state index < -0.39 is 12.0 Å². The molecule has 22 heavy (non-hydrogen) atoms. The molecule has 1 aliphatic carbocycles. The standard InChI is InChI=1S/C18H19NO3/c1-11(18(21)22-2)19-17(20)16-10-15(16)14-9-5-7-12-6-3-4-8-13(12)14/h3-9,11,15-16H,10H2,1-2H3,(H,19,20)/t11-,15?,16?/m0/s1. The van der Waals surface area contributed by atoms with Crippen LogP contribution in [-0.2, 0) is 14.3 Å². The van der Waals surface area contributed by atoms with Crippen molar-refractivity contribution in [1.82, 2.24) is 5.32 Å². The number of rotatable bonds is 4. The smallest absolute Gasteiger partial charge is 0.328 e. The van der Waals surface area contributed by atoms with Gasteiger partial charge in [-0.2, -0.15) is 0 Å². The molecule has 0 heterocycles. The van der Waals surface area contributed by atoms with E-state index in [0.29, 0.717) is 0 Å². The molecule has 3 rings (SSSR count). The Bertz CT molecular complexity index is 720.